The molecule has 1 unspecified atom stereocenters. The third-order valence-corrected chi connectivity index (χ3v) is 10.2. The molecule has 0 bridgehead atoms. The zero-order chi connectivity index (χ0) is 20.9. The number of rotatable bonds is 6. The van der Waals surface area contributed by atoms with E-state index < -0.39 is 5.60 Å². The SMILES string of the molecule is CC(NOCCCN)[C@H]1CC[C@]2(O)[C@@H]3CC[C@@H]4C[C@@H](O)CC[C@]4(C)[C@H]3CC[C@]12C. The van der Waals surface area contributed by atoms with Gasteiger partial charge < -0.3 is 20.8 Å². The van der Waals surface area contributed by atoms with Gasteiger partial charge >= 0.3 is 0 Å². The van der Waals surface area contributed by atoms with E-state index in [4.69, 9.17) is 10.6 Å². The molecular formula is C24H44N2O3. The van der Waals surface area contributed by atoms with Crippen LogP contribution in [0.2, 0.25) is 0 Å². The molecule has 0 aromatic heterocycles. The minimum atomic E-state index is -0.558. The van der Waals surface area contributed by atoms with Gasteiger partial charge in [-0.05, 0) is 107 Å². The maximum Gasteiger partial charge on any atom is 0.0735 e. The Hall–Kier alpha value is -0.200. The van der Waals surface area contributed by atoms with Crippen LogP contribution in [0.1, 0.15) is 85.0 Å². The first-order chi connectivity index (χ1) is 13.8. The van der Waals surface area contributed by atoms with Gasteiger partial charge in [-0.3, -0.25) is 0 Å². The molecule has 5 heteroatoms. The largest absolute Gasteiger partial charge is 0.393 e. The van der Waals surface area contributed by atoms with Gasteiger partial charge in [0.1, 0.15) is 0 Å². The van der Waals surface area contributed by atoms with Crippen LogP contribution < -0.4 is 11.2 Å². The maximum atomic E-state index is 12.2. The molecule has 5 nitrogen and oxygen atoms in total. The van der Waals surface area contributed by atoms with E-state index in [0.29, 0.717) is 42.2 Å². The van der Waals surface area contributed by atoms with E-state index in [-0.39, 0.29) is 17.6 Å². The molecule has 4 saturated carbocycles. The molecule has 4 fully saturated rings. The molecule has 0 aromatic carbocycles. The lowest BCUT2D eigenvalue weighted by atomic mass is 9.43. The van der Waals surface area contributed by atoms with E-state index >= 15 is 0 Å². The highest BCUT2D eigenvalue weighted by Gasteiger charge is 2.67. The predicted molar refractivity (Wildman–Crippen MR) is 115 cm³/mol. The quantitative estimate of drug-likeness (QED) is 0.400. The number of nitrogens with two attached hydrogens (primary N) is 1. The smallest absolute Gasteiger partial charge is 0.0735 e. The summed E-state index contributed by atoms with van der Waals surface area (Å²) in [5.41, 5.74) is 8.53. The minimum absolute atomic E-state index is 0.0464. The van der Waals surface area contributed by atoms with E-state index in [1.54, 1.807) is 0 Å². The summed E-state index contributed by atoms with van der Waals surface area (Å²) >= 11 is 0. The molecule has 0 saturated heterocycles. The van der Waals surface area contributed by atoms with Gasteiger partial charge in [0.15, 0.2) is 0 Å². The van der Waals surface area contributed by atoms with Crippen LogP contribution in [-0.4, -0.2) is 41.1 Å². The number of fused-ring (bicyclic) bond motifs is 5. The lowest BCUT2D eigenvalue weighted by Crippen LogP contribution is -2.63. The zero-order valence-corrected chi connectivity index (χ0v) is 18.8. The summed E-state index contributed by atoms with van der Waals surface area (Å²) in [6.45, 7) is 8.35. The van der Waals surface area contributed by atoms with E-state index in [1.807, 2.05) is 0 Å². The van der Waals surface area contributed by atoms with Crippen molar-refractivity contribution in [3.05, 3.63) is 0 Å². The third-order valence-electron chi connectivity index (χ3n) is 10.2. The Balaban J connectivity index is 1.51. The topological polar surface area (TPSA) is 87.7 Å². The lowest BCUT2D eigenvalue weighted by molar-refractivity contribution is -0.213. The Morgan fingerprint density at radius 3 is 2.62 bits per heavy atom. The monoisotopic (exact) mass is 408 g/mol. The first-order valence-corrected chi connectivity index (χ1v) is 12.2. The number of hydrogen-bond donors (Lipinski definition) is 4. The van der Waals surface area contributed by atoms with Crippen molar-refractivity contribution in [2.75, 3.05) is 13.2 Å². The molecule has 4 aliphatic rings. The fourth-order valence-electron chi connectivity index (χ4n) is 8.47. The van der Waals surface area contributed by atoms with Gasteiger partial charge in [0, 0.05) is 11.5 Å². The number of hydroxylamine groups is 1. The average molecular weight is 409 g/mol. The third kappa shape index (κ3) is 3.40. The Labute approximate surface area is 177 Å². The van der Waals surface area contributed by atoms with Crippen LogP contribution in [0.3, 0.4) is 0 Å². The van der Waals surface area contributed by atoms with Gasteiger partial charge in [0.2, 0.25) is 0 Å². The molecule has 29 heavy (non-hydrogen) atoms. The Morgan fingerprint density at radius 2 is 1.86 bits per heavy atom. The molecule has 0 aromatic rings. The molecule has 0 aliphatic heterocycles. The Morgan fingerprint density at radius 1 is 1.07 bits per heavy atom. The summed E-state index contributed by atoms with van der Waals surface area (Å²) < 4.78 is 0. The summed E-state index contributed by atoms with van der Waals surface area (Å²) in [7, 11) is 0. The van der Waals surface area contributed by atoms with Gasteiger partial charge in [-0.15, -0.1) is 0 Å². The van der Waals surface area contributed by atoms with E-state index in [2.05, 4.69) is 26.3 Å². The van der Waals surface area contributed by atoms with Crippen LogP contribution in [0.25, 0.3) is 0 Å². The van der Waals surface area contributed by atoms with Crippen molar-refractivity contribution >= 4 is 0 Å². The van der Waals surface area contributed by atoms with Gasteiger partial charge in [0.05, 0.1) is 18.3 Å². The van der Waals surface area contributed by atoms with Crippen LogP contribution in [0.5, 0.6) is 0 Å². The molecule has 0 radical (unpaired) electrons. The molecule has 5 N–H and O–H groups in total. The van der Waals surface area contributed by atoms with Crippen molar-refractivity contribution in [1.82, 2.24) is 5.48 Å². The first kappa shape index (κ1) is 22.0. The fourth-order valence-corrected chi connectivity index (χ4v) is 8.47. The van der Waals surface area contributed by atoms with Gasteiger partial charge in [0.25, 0.3) is 0 Å². The highest BCUT2D eigenvalue weighted by atomic mass is 16.6. The van der Waals surface area contributed by atoms with Crippen LogP contribution >= 0.6 is 0 Å². The minimum Gasteiger partial charge on any atom is -0.393 e. The molecule has 4 aliphatic carbocycles. The van der Waals surface area contributed by atoms with Crippen molar-refractivity contribution in [1.29, 1.82) is 0 Å². The highest BCUT2D eigenvalue weighted by molar-refractivity contribution is 5.17. The molecule has 0 amide bonds. The van der Waals surface area contributed by atoms with Crippen molar-refractivity contribution in [3.8, 4) is 0 Å². The van der Waals surface area contributed by atoms with E-state index in [9.17, 15) is 10.2 Å². The molecular weight excluding hydrogens is 364 g/mol. The highest BCUT2D eigenvalue weighted by Crippen LogP contribution is 2.69. The second kappa shape index (κ2) is 8.05. The van der Waals surface area contributed by atoms with Gasteiger partial charge in [-0.25, -0.2) is 0 Å². The Bertz CT molecular complexity index is 588. The second-order valence-corrected chi connectivity index (χ2v) is 11.3. The van der Waals surface area contributed by atoms with Crippen LogP contribution in [-0.2, 0) is 4.84 Å². The molecule has 9 atom stereocenters. The number of aliphatic hydroxyl groups is 2. The standard InChI is InChI=1S/C24H44N2O3/c1-16(26-29-14-4-13-25)19-9-12-24(28)21-6-5-17-15-18(27)7-10-22(17,2)20(21)8-11-23(19,24)3/h16-21,26-28H,4-15,25H2,1-3H3/t16?,17-,18+,19-,20+,21-,22+,23-,24+/m1/s1. The molecule has 168 valence electrons. The summed E-state index contributed by atoms with van der Waals surface area (Å²) in [4.78, 5) is 5.67. The van der Waals surface area contributed by atoms with Crippen LogP contribution in [0.4, 0.5) is 0 Å². The molecule has 0 spiro atoms. The summed E-state index contributed by atoms with van der Waals surface area (Å²) in [5.74, 6) is 2.09. The Kier molecular flexibility index (Phi) is 6.11. The van der Waals surface area contributed by atoms with E-state index in [0.717, 1.165) is 51.4 Å². The summed E-state index contributed by atoms with van der Waals surface area (Å²) in [6, 6.07) is 0.236. The second-order valence-electron chi connectivity index (χ2n) is 11.3. The van der Waals surface area contributed by atoms with Crippen molar-refractivity contribution in [3.63, 3.8) is 0 Å². The first-order valence-electron chi connectivity index (χ1n) is 12.2. The summed E-state index contributed by atoms with van der Waals surface area (Å²) in [6.07, 6.45) is 10.4. The number of hydrogen-bond acceptors (Lipinski definition) is 5. The van der Waals surface area contributed by atoms with Crippen LogP contribution in [0, 0.1) is 34.5 Å². The lowest BCUT2D eigenvalue weighted by Gasteiger charge is -2.63. The fraction of sp³-hybridized carbons (Fsp3) is 1.00. The van der Waals surface area contributed by atoms with Crippen LogP contribution in [0.15, 0.2) is 0 Å². The number of aliphatic hydroxyl groups excluding tert-OH is 1. The normalized spacial score (nSPS) is 50.5. The van der Waals surface area contributed by atoms with E-state index in [1.165, 1.54) is 12.8 Å². The molecule has 0 heterocycles. The zero-order valence-electron chi connectivity index (χ0n) is 18.8. The van der Waals surface area contributed by atoms with Gasteiger partial charge in [-0.1, -0.05) is 13.8 Å². The van der Waals surface area contributed by atoms with Crippen molar-refractivity contribution in [2.24, 2.45) is 40.2 Å². The number of nitrogens with one attached hydrogen (secondary N) is 1. The maximum absolute atomic E-state index is 12.2. The molecule has 4 rings (SSSR count). The van der Waals surface area contributed by atoms with Gasteiger partial charge in [-0.2, -0.15) is 5.48 Å². The summed E-state index contributed by atoms with van der Waals surface area (Å²) in [5, 5.41) is 22.4. The predicted octanol–water partition coefficient (Wildman–Crippen LogP) is 3.38. The van der Waals surface area contributed by atoms with Crippen molar-refractivity contribution in [2.45, 2.75) is 103 Å². The average Bonchev–Trinajstić information content (AvgIpc) is 2.97. The van der Waals surface area contributed by atoms with Crippen molar-refractivity contribution < 1.29 is 15.1 Å².